The van der Waals surface area contributed by atoms with Crippen LogP contribution in [0.15, 0.2) is 4.99 Å². The molecule has 1 atom stereocenters. The molecule has 0 saturated heterocycles. The normalized spacial score (nSPS) is 13.9. The predicted molar refractivity (Wildman–Crippen MR) is 61.9 cm³/mol. The number of nitrogens with zero attached hydrogens (tertiary/aromatic N) is 1. The van der Waals surface area contributed by atoms with E-state index in [0.29, 0.717) is 12.5 Å². The van der Waals surface area contributed by atoms with Gasteiger partial charge >= 0.3 is 0 Å². The Morgan fingerprint density at radius 1 is 1.60 bits per heavy atom. The average Bonchev–Trinajstić information content (AvgIpc) is 2.25. The third-order valence-electron chi connectivity index (χ3n) is 1.86. The fourth-order valence-corrected chi connectivity index (χ4v) is 0.903. The van der Waals surface area contributed by atoms with Crippen LogP contribution in [0.5, 0.6) is 0 Å². The number of hydrogen-bond acceptors (Lipinski definition) is 3. The van der Waals surface area contributed by atoms with Crippen LogP contribution in [0.2, 0.25) is 0 Å². The van der Waals surface area contributed by atoms with E-state index in [1.807, 2.05) is 13.8 Å². The summed E-state index contributed by atoms with van der Waals surface area (Å²) >= 11 is 0. The van der Waals surface area contributed by atoms with E-state index in [9.17, 15) is 0 Å². The van der Waals surface area contributed by atoms with Crippen molar-refractivity contribution in [3.05, 3.63) is 0 Å². The molecule has 0 saturated carbocycles. The molecular weight excluding hydrogens is 194 g/mol. The highest BCUT2D eigenvalue weighted by atomic mass is 16.5. The molecule has 0 amide bonds. The molecule has 5 nitrogen and oxygen atoms in total. The minimum atomic E-state index is 0.140. The summed E-state index contributed by atoms with van der Waals surface area (Å²) in [5.74, 6) is 0.598. The maximum atomic E-state index is 8.77. The number of aliphatic hydroxyl groups excluding tert-OH is 1. The Bertz CT molecular complexity index is 174. The van der Waals surface area contributed by atoms with Gasteiger partial charge in [0.15, 0.2) is 5.96 Å². The summed E-state index contributed by atoms with van der Waals surface area (Å²) in [6.07, 6.45) is 0.916. The highest BCUT2D eigenvalue weighted by Crippen LogP contribution is 1.91. The molecule has 0 aliphatic rings. The van der Waals surface area contributed by atoms with Crippen molar-refractivity contribution in [3.8, 4) is 0 Å². The van der Waals surface area contributed by atoms with Crippen molar-refractivity contribution in [2.24, 2.45) is 16.6 Å². The van der Waals surface area contributed by atoms with Crippen molar-refractivity contribution in [1.29, 1.82) is 0 Å². The Balaban J connectivity index is 3.42. The summed E-state index contributed by atoms with van der Waals surface area (Å²) in [6.45, 7) is 6.84. The Labute approximate surface area is 91.7 Å². The molecule has 4 N–H and O–H groups in total. The van der Waals surface area contributed by atoms with Gasteiger partial charge in [-0.25, -0.2) is 0 Å². The lowest BCUT2D eigenvalue weighted by molar-refractivity contribution is 0.145. The van der Waals surface area contributed by atoms with Gasteiger partial charge in [-0.05, 0) is 19.3 Å². The van der Waals surface area contributed by atoms with Crippen molar-refractivity contribution in [3.63, 3.8) is 0 Å². The first-order valence-electron chi connectivity index (χ1n) is 5.43. The van der Waals surface area contributed by atoms with E-state index in [2.05, 4.69) is 10.3 Å². The van der Waals surface area contributed by atoms with E-state index in [1.54, 1.807) is 0 Å². The fourth-order valence-electron chi connectivity index (χ4n) is 0.903. The van der Waals surface area contributed by atoms with Gasteiger partial charge in [0.05, 0.1) is 0 Å². The molecule has 0 aliphatic heterocycles. The molecule has 90 valence electrons. The first kappa shape index (κ1) is 14.2. The van der Waals surface area contributed by atoms with Gasteiger partial charge < -0.3 is 20.9 Å². The molecule has 5 heteroatoms. The first-order valence-corrected chi connectivity index (χ1v) is 5.43. The molecule has 0 spiro atoms. The molecule has 0 bridgehead atoms. The van der Waals surface area contributed by atoms with Gasteiger partial charge in [-0.1, -0.05) is 6.92 Å². The second-order valence-electron chi connectivity index (χ2n) is 3.49. The maximum Gasteiger partial charge on any atom is 0.188 e. The number of guanidine groups is 1. The molecule has 0 aromatic rings. The van der Waals surface area contributed by atoms with E-state index in [0.717, 1.165) is 26.2 Å². The zero-order chi connectivity index (χ0) is 11.5. The van der Waals surface area contributed by atoms with Crippen LogP contribution in [0, 0.1) is 5.92 Å². The summed E-state index contributed by atoms with van der Waals surface area (Å²) in [6, 6.07) is 0. The van der Waals surface area contributed by atoms with E-state index in [-0.39, 0.29) is 12.5 Å². The zero-order valence-corrected chi connectivity index (χ0v) is 9.70. The topological polar surface area (TPSA) is 79.9 Å². The number of hydrogen-bond donors (Lipinski definition) is 3. The number of aliphatic imine (C=N–C) groups is 1. The lowest BCUT2D eigenvalue weighted by Gasteiger charge is -2.07. The molecule has 1 unspecified atom stereocenters. The second kappa shape index (κ2) is 9.73. The quantitative estimate of drug-likeness (QED) is 0.302. The van der Waals surface area contributed by atoms with E-state index in [1.165, 1.54) is 0 Å². The number of nitrogens with two attached hydrogens (primary N) is 1. The van der Waals surface area contributed by atoms with Gasteiger partial charge in [0.2, 0.25) is 0 Å². The van der Waals surface area contributed by atoms with Crippen LogP contribution >= 0.6 is 0 Å². The molecule has 0 aromatic carbocycles. The summed E-state index contributed by atoms with van der Waals surface area (Å²) in [5, 5.41) is 11.8. The fraction of sp³-hybridized carbons (Fsp3) is 0.900. The minimum Gasteiger partial charge on any atom is -0.396 e. The van der Waals surface area contributed by atoms with Crippen LogP contribution in [0.25, 0.3) is 0 Å². The summed E-state index contributed by atoms with van der Waals surface area (Å²) in [7, 11) is 0. The maximum absolute atomic E-state index is 8.77. The summed E-state index contributed by atoms with van der Waals surface area (Å²) in [5.41, 5.74) is 5.61. The molecule has 0 aromatic heterocycles. The number of aliphatic hydroxyl groups is 1. The van der Waals surface area contributed by atoms with Crippen LogP contribution in [0.3, 0.4) is 0 Å². The monoisotopic (exact) mass is 217 g/mol. The van der Waals surface area contributed by atoms with Crippen molar-refractivity contribution < 1.29 is 9.84 Å². The van der Waals surface area contributed by atoms with Gasteiger partial charge in [0.25, 0.3) is 0 Å². The molecule has 0 fully saturated rings. The molecule has 0 heterocycles. The number of rotatable bonds is 8. The van der Waals surface area contributed by atoms with E-state index < -0.39 is 0 Å². The van der Waals surface area contributed by atoms with Crippen LogP contribution in [0.1, 0.15) is 20.3 Å². The predicted octanol–water partition coefficient (Wildman–Crippen LogP) is -0.0543. The SMILES string of the molecule is CCOCCCNC(N)=NCC(C)CO. The van der Waals surface area contributed by atoms with Crippen molar-refractivity contribution in [1.82, 2.24) is 5.32 Å². The molecular formula is C10H23N3O2. The lowest BCUT2D eigenvalue weighted by Crippen LogP contribution is -2.33. The average molecular weight is 217 g/mol. The smallest absolute Gasteiger partial charge is 0.188 e. The molecule has 15 heavy (non-hydrogen) atoms. The van der Waals surface area contributed by atoms with Crippen LogP contribution in [-0.2, 0) is 4.74 Å². The lowest BCUT2D eigenvalue weighted by atomic mass is 10.2. The minimum absolute atomic E-state index is 0.140. The zero-order valence-electron chi connectivity index (χ0n) is 9.70. The standard InChI is InChI=1S/C10H23N3O2/c1-3-15-6-4-5-12-10(11)13-7-9(2)8-14/h9,14H,3-8H2,1-2H3,(H3,11,12,13). The molecule has 0 aliphatic carbocycles. The summed E-state index contributed by atoms with van der Waals surface area (Å²) in [4.78, 5) is 4.10. The molecule has 0 radical (unpaired) electrons. The van der Waals surface area contributed by atoms with Crippen molar-refractivity contribution >= 4 is 5.96 Å². The number of nitrogens with one attached hydrogen (secondary N) is 1. The summed E-state index contributed by atoms with van der Waals surface area (Å²) < 4.78 is 5.18. The highest BCUT2D eigenvalue weighted by molar-refractivity contribution is 5.77. The third-order valence-corrected chi connectivity index (χ3v) is 1.86. The Hall–Kier alpha value is -0.810. The van der Waals surface area contributed by atoms with Gasteiger partial charge in [0.1, 0.15) is 0 Å². The second-order valence-corrected chi connectivity index (χ2v) is 3.49. The van der Waals surface area contributed by atoms with Gasteiger partial charge in [-0.3, -0.25) is 4.99 Å². The van der Waals surface area contributed by atoms with Gasteiger partial charge in [-0.2, -0.15) is 0 Å². The van der Waals surface area contributed by atoms with E-state index in [4.69, 9.17) is 15.6 Å². The Morgan fingerprint density at radius 2 is 2.33 bits per heavy atom. The van der Waals surface area contributed by atoms with Gasteiger partial charge in [0, 0.05) is 32.9 Å². The van der Waals surface area contributed by atoms with E-state index >= 15 is 0 Å². The Kier molecular flexibility index (Phi) is 9.21. The first-order chi connectivity index (χ1) is 7.20. The highest BCUT2D eigenvalue weighted by Gasteiger charge is 1.98. The third kappa shape index (κ3) is 9.49. The van der Waals surface area contributed by atoms with Gasteiger partial charge in [-0.15, -0.1) is 0 Å². The van der Waals surface area contributed by atoms with Crippen molar-refractivity contribution in [2.75, 3.05) is 32.9 Å². The van der Waals surface area contributed by atoms with Crippen LogP contribution in [-0.4, -0.2) is 44.0 Å². The largest absolute Gasteiger partial charge is 0.396 e. The Morgan fingerprint density at radius 3 is 2.93 bits per heavy atom. The van der Waals surface area contributed by atoms with Crippen molar-refractivity contribution in [2.45, 2.75) is 20.3 Å². The molecule has 0 rings (SSSR count). The van der Waals surface area contributed by atoms with Crippen LogP contribution in [0.4, 0.5) is 0 Å². The number of ether oxygens (including phenoxy) is 1. The van der Waals surface area contributed by atoms with Crippen LogP contribution < -0.4 is 11.1 Å².